The third kappa shape index (κ3) is 3.13. The summed E-state index contributed by atoms with van der Waals surface area (Å²) in [6.07, 6.45) is 1.70. The topological polar surface area (TPSA) is 58.4 Å². The van der Waals surface area contributed by atoms with Crippen LogP contribution in [0, 0.1) is 0 Å². The molecule has 1 aromatic heterocycles. The summed E-state index contributed by atoms with van der Waals surface area (Å²) >= 11 is 5.91. The van der Waals surface area contributed by atoms with Gasteiger partial charge >= 0.3 is 0 Å². The van der Waals surface area contributed by atoms with Crippen molar-refractivity contribution in [3.8, 4) is 5.69 Å². The van der Waals surface area contributed by atoms with Crippen LogP contribution >= 0.6 is 11.6 Å². The maximum atomic E-state index is 12.0. The van der Waals surface area contributed by atoms with Gasteiger partial charge in [0.2, 0.25) is 0 Å². The molecule has 0 aliphatic carbocycles. The predicted molar refractivity (Wildman–Crippen MR) is 72.6 cm³/mol. The summed E-state index contributed by atoms with van der Waals surface area (Å²) in [6, 6.07) is 8.84. The number of rotatable bonds is 4. The van der Waals surface area contributed by atoms with E-state index in [-0.39, 0.29) is 19.1 Å². The molecule has 0 fully saturated rings. The molecule has 1 aromatic carbocycles. The van der Waals surface area contributed by atoms with Gasteiger partial charge in [0.05, 0.1) is 12.3 Å². The molecule has 100 valence electrons. The maximum Gasteiger partial charge on any atom is 0.274 e. The Morgan fingerprint density at radius 3 is 2.95 bits per heavy atom. The van der Waals surface area contributed by atoms with Crippen LogP contribution in [0.1, 0.15) is 10.5 Å². The van der Waals surface area contributed by atoms with Gasteiger partial charge in [-0.15, -0.1) is 0 Å². The fourth-order valence-electron chi connectivity index (χ4n) is 1.65. The van der Waals surface area contributed by atoms with Crippen LogP contribution in [0.4, 0.5) is 0 Å². The van der Waals surface area contributed by atoms with Crippen molar-refractivity contribution in [1.29, 1.82) is 0 Å². The van der Waals surface area contributed by atoms with E-state index >= 15 is 0 Å². The van der Waals surface area contributed by atoms with Crippen molar-refractivity contribution >= 4 is 17.5 Å². The average molecular weight is 280 g/mol. The van der Waals surface area contributed by atoms with Gasteiger partial charge in [0, 0.05) is 24.8 Å². The van der Waals surface area contributed by atoms with Crippen molar-refractivity contribution in [3.63, 3.8) is 0 Å². The number of likely N-dealkylation sites (N-methyl/N-ethyl adjacent to an activating group) is 1. The highest BCUT2D eigenvalue weighted by molar-refractivity contribution is 6.30. The lowest BCUT2D eigenvalue weighted by atomic mass is 10.3. The predicted octanol–water partition coefficient (Wildman–Crippen LogP) is 1.59. The zero-order chi connectivity index (χ0) is 13.8. The first-order valence-corrected chi connectivity index (χ1v) is 6.17. The number of aliphatic hydroxyl groups is 1. The highest BCUT2D eigenvalue weighted by Gasteiger charge is 2.14. The van der Waals surface area contributed by atoms with Crippen LogP contribution in [0.2, 0.25) is 5.02 Å². The van der Waals surface area contributed by atoms with Crippen molar-refractivity contribution < 1.29 is 9.90 Å². The number of aromatic nitrogens is 2. The Balaban J connectivity index is 2.22. The summed E-state index contributed by atoms with van der Waals surface area (Å²) in [7, 11) is 1.62. The Bertz CT molecular complexity index is 583. The quantitative estimate of drug-likeness (QED) is 0.925. The van der Waals surface area contributed by atoms with Gasteiger partial charge in [0.25, 0.3) is 5.91 Å². The zero-order valence-corrected chi connectivity index (χ0v) is 11.2. The number of halogens is 1. The third-order valence-electron chi connectivity index (χ3n) is 2.66. The summed E-state index contributed by atoms with van der Waals surface area (Å²) in [4.78, 5) is 13.4. The van der Waals surface area contributed by atoms with E-state index in [2.05, 4.69) is 5.10 Å². The van der Waals surface area contributed by atoms with Gasteiger partial charge in [-0.05, 0) is 24.3 Å². The first kappa shape index (κ1) is 13.6. The summed E-state index contributed by atoms with van der Waals surface area (Å²) < 4.78 is 1.59. The number of carbonyl (C=O) groups excluding carboxylic acids is 1. The normalized spacial score (nSPS) is 10.5. The van der Waals surface area contributed by atoms with E-state index in [0.717, 1.165) is 5.69 Å². The van der Waals surface area contributed by atoms with E-state index < -0.39 is 0 Å². The summed E-state index contributed by atoms with van der Waals surface area (Å²) in [5, 5.41) is 13.6. The molecule has 0 unspecified atom stereocenters. The van der Waals surface area contributed by atoms with E-state index in [1.54, 1.807) is 36.1 Å². The Morgan fingerprint density at radius 2 is 2.26 bits per heavy atom. The largest absolute Gasteiger partial charge is 0.395 e. The molecule has 0 aliphatic rings. The van der Waals surface area contributed by atoms with Crippen LogP contribution in [-0.2, 0) is 0 Å². The second-order valence-electron chi connectivity index (χ2n) is 4.08. The molecule has 0 atom stereocenters. The number of hydrogen-bond donors (Lipinski definition) is 1. The molecule has 0 aliphatic heterocycles. The van der Waals surface area contributed by atoms with Crippen molar-refractivity contribution in [3.05, 3.63) is 47.2 Å². The smallest absolute Gasteiger partial charge is 0.274 e. The van der Waals surface area contributed by atoms with Gasteiger partial charge in [-0.25, -0.2) is 4.68 Å². The van der Waals surface area contributed by atoms with Gasteiger partial charge in [0.15, 0.2) is 5.69 Å². The number of benzene rings is 1. The Hall–Kier alpha value is -1.85. The van der Waals surface area contributed by atoms with Crippen molar-refractivity contribution in [2.45, 2.75) is 0 Å². The molecule has 0 radical (unpaired) electrons. The van der Waals surface area contributed by atoms with Crippen molar-refractivity contribution in [2.24, 2.45) is 0 Å². The van der Waals surface area contributed by atoms with E-state index in [1.807, 2.05) is 12.1 Å². The molecule has 5 nitrogen and oxygen atoms in total. The van der Waals surface area contributed by atoms with Crippen LogP contribution in [-0.4, -0.2) is 45.9 Å². The van der Waals surface area contributed by atoms with Gasteiger partial charge in [-0.3, -0.25) is 4.79 Å². The Kier molecular flexibility index (Phi) is 4.19. The summed E-state index contributed by atoms with van der Waals surface area (Å²) in [5.74, 6) is -0.227. The summed E-state index contributed by atoms with van der Waals surface area (Å²) in [5.41, 5.74) is 1.12. The standard InChI is InChI=1S/C13H14ClN3O2/c1-16(7-8-18)13(19)12-5-6-17(15-12)11-4-2-3-10(14)9-11/h2-6,9,18H,7-8H2,1H3. The zero-order valence-electron chi connectivity index (χ0n) is 10.5. The van der Waals surface area contributed by atoms with Crippen LogP contribution in [0.3, 0.4) is 0 Å². The number of carbonyl (C=O) groups is 1. The van der Waals surface area contributed by atoms with Crippen LogP contribution in [0.5, 0.6) is 0 Å². The monoisotopic (exact) mass is 279 g/mol. The first-order chi connectivity index (χ1) is 9.11. The lowest BCUT2D eigenvalue weighted by Gasteiger charge is -2.13. The molecule has 2 aromatic rings. The molecule has 19 heavy (non-hydrogen) atoms. The van der Waals surface area contributed by atoms with E-state index in [9.17, 15) is 4.79 Å². The molecule has 6 heteroatoms. The number of nitrogens with zero attached hydrogens (tertiary/aromatic N) is 3. The maximum absolute atomic E-state index is 12.0. The molecule has 1 amide bonds. The molecule has 1 heterocycles. The van der Waals surface area contributed by atoms with Gasteiger partial charge in [0.1, 0.15) is 0 Å². The molecule has 0 saturated carbocycles. The highest BCUT2D eigenvalue weighted by atomic mass is 35.5. The molecular weight excluding hydrogens is 266 g/mol. The number of aliphatic hydroxyl groups excluding tert-OH is 1. The highest BCUT2D eigenvalue weighted by Crippen LogP contribution is 2.14. The van der Waals surface area contributed by atoms with E-state index in [4.69, 9.17) is 16.7 Å². The van der Waals surface area contributed by atoms with Crippen molar-refractivity contribution in [1.82, 2.24) is 14.7 Å². The van der Waals surface area contributed by atoms with Gasteiger partial charge in [-0.1, -0.05) is 17.7 Å². The second-order valence-corrected chi connectivity index (χ2v) is 4.51. The molecule has 0 saturated heterocycles. The minimum Gasteiger partial charge on any atom is -0.395 e. The lowest BCUT2D eigenvalue weighted by Crippen LogP contribution is -2.29. The fraction of sp³-hybridized carbons (Fsp3) is 0.231. The van der Waals surface area contributed by atoms with Crippen molar-refractivity contribution in [2.75, 3.05) is 20.2 Å². The molecule has 0 bridgehead atoms. The van der Waals surface area contributed by atoms with Crippen LogP contribution < -0.4 is 0 Å². The van der Waals surface area contributed by atoms with E-state index in [1.165, 1.54) is 4.90 Å². The fourth-order valence-corrected chi connectivity index (χ4v) is 1.83. The lowest BCUT2D eigenvalue weighted by molar-refractivity contribution is 0.0760. The minimum absolute atomic E-state index is 0.0722. The SMILES string of the molecule is CN(CCO)C(=O)c1ccn(-c2cccc(Cl)c2)n1. The average Bonchev–Trinajstić information content (AvgIpc) is 2.87. The third-order valence-corrected chi connectivity index (χ3v) is 2.90. The number of hydrogen-bond acceptors (Lipinski definition) is 3. The van der Waals surface area contributed by atoms with E-state index in [0.29, 0.717) is 10.7 Å². The molecule has 2 rings (SSSR count). The first-order valence-electron chi connectivity index (χ1n) is 5.80. The van der Waals surface area contributed by atoms with Gasteiger partial charge < -0.3 is 10.0 Å². The second kappa shape index (κ2) is 5.86. The number of amides is 1. The Labute approximate surface area is 116 Å². The van der Waals surface area contributed by atoms with Crippen LogP contribution in [0.15, 0.2) is 36.5 Å². The molecule has 1 N–H and O–H groups in total. The van der Waals surface area contributed by atoms with Gasteiger partial charge in [-0.2, -0.15) is 5.10 Å². The molecule has 0 spiro atoms. The molecular formula is C13H14ClN3O2. The minimum atomic E-state index is -0.227. The van der Waals surface area contributed by atoms with Crippen LogP contribution in [0.25, 0.3) is 5.69 Å². The summed E-state index contributed by atoms with van der Waals surface area (Å²) in [6.45, 7) is 0.208. The Morgan fingerprint density at radius 1 is 1.47 bits per heavy atom.